The number of fused-ring (bicyclic) bond motifs is 3. The first-order chi connectivity index (χ1) is 23.7. The Morgan fingerprint density at radius 2 is 1.90 bits per heavy atom. The summed E-state index contributed by atoms with van der Waals surface area (Å²) in [6.07, 6.45) is 6.28. The van der Waals surface area contributed by atoms with Gasteiger partial charge in [0.25, 0.3) is 5.91 Å². The molecule has 4 aliphatic rings. The number of ether oxygens (including phenoxy) is 2. The van der Waals surface area contributed by atoms with Gasteiger partial charge in [-0.25, -0.2) is 18.2 Å². The van der Waals surface area contributed by atoms with Gasteiger partial charge in [-0.15, -0.1) is 0 Å². The number of nitrogens with zero attached hydrogens (tertiary/aromatic N) is 2. The topological polar surface area (TPSA) is 193 Å². The lowest BCUT2D eigenvalue weighted by molar-refractivity contribution is -0.142. The van der Waals surface area contributed by atoms with Crippen LogP contribution in [0.4, 0.5) is 4.79 Å². The van der Waals surface area contributed by atoms with Gasteiger partial charge in [0.2, 0.25) is 27.7 Å². The predicted molar refractivity (Wildman–Crippen MR) is 183 cm³/mol. The minimum Gasteiger partial charge on any atom is -0.497 e. The molecule has 3 fully saturated rings. The van der Waals surface area contributed by atoms with Gasteiger partial charge < -0.3 is 30.1 Å². The van der Waals surface area contributed by atoms with Crippen molar-refractivity contribution in [2.24, 2.45) is 17.8 Å². The van der Waals surface area contributed by atoms with Gasteiger partial charge in [-0.05, 0) is 86.9 Å². The summed E-state index contributed by atoms with van der Waals surface area (Å²) in [5, 5.41) is 16.5. The molecule has 1 aromatic carbocycles. The minimum absolute atomic E-state index is 0.0188. The van der Waals surface area contributed by atoms with E-state index in [-0.39, 0.29) is 31.2 Å². The van der Waals surface area contributed by atoms with Gasteiger partial charge in [-0.3, -0.25) is 19.1 Å². The van der Waals surface area contributed by atoms with Crippen molar-refractivity contribution in [2.75, 3.05) is 13.7 Å². The summed E-state index contributed by atoms with van der Waals surface area (Å²) in [4.78, 5) is 60.0. The summed E-state index contributed by atoms with van der Waals surface area (Å²) in [5.74, 6) is -1.86. The third-order valence-corrected chi connectivity index (χ3v) is 12.9. The van der Waals surface area contributed by atoms with E-state index in [1.54, 1.807) is 38.4 Å². The minimum atomic E-state index is -3.99. The Morgan fingerprint density at radius 1 is 1.14 bits per heavy atom. The van der Waals surface area contributed by atoms with Crippen LogP contribution < -0.4 is 24.8 Å². The molecule has 4 amide bonds. The number of methoxy groups -OCH3 is 1. The van der Waals surface area contributed by atoms with Gasteiger partial charge in [0.1, 0.15) is 29.5 Å². The first-order valence-corrected chi connectivity index (χ1v) is 18.6. The van der Waals surface area contributed by atoms with Crippen molar-refractivity contribution in [3.8, 4) is 11.6 Å². The average molecular weight is 712 g/mol. The van der Waals surface area contributed by atoms with E-state index in [1.807, 2.05) is 32.1 Å². The standard InChI is InChI=1S/C35H45N5O9S/c1-20-7-5-6-8-23-18-35(23,32(43)39-50(46,47)34(3)12-13-34)38-29(41)27-17-25(19-40(27)31(42)28(21(2)15-20)37-33(44)45)49-30-26-10-9-24(48-4)16-22(26)11-14-36-30/h6,8-11,14,16,20-21,23,25,27-28,37H,5,7,12-13,15,17-19H2,1-4H3,(H,38,41)(H,39,43)(H,44,45)/b8-6-/t20-,21+,23+,25+,27-,28-,35+/m0/s1. The highest BCUT2D eigenvalue weighted by molar-refractivity contribution is 7.91. The van der Waals surface area contributed by atoms with Crippen LogP contribution in [-0.2, 0) is 24.4 Å². The number of pyridine rings is 1. The van der Waals surface area contributed by atoms with Crippen LogP contribution in [0, 0.1) is 17.8 Å². The zero-order valence-electron chi connectivity index (χ0n) is 28.7. The molecule has 2 aliphatic carbocycles. The second kappa shape index (κ2) is 13.4. The van der Waals surface area contributed by atoms with Gasteiger partial charge in [-0.2, -0.15) is 0 Å². The number of allylic oxidation sites excluding steroid dienone is 1. The number of rotatable bonds is 7. The molecule has 0 bridgehead atoms. The quantitative estimate of drug-likeness (QED) is 0.310. The lowest BCUT2D eigenvalue weighted by atomic mass is 9.88. The van der Waals surface area contributed by atoms with Crippen LogP contribution in [0.2, 0.25) is 0 Å². The average Bonchev–Trinajstić information content (AvgIpc) is 3.95. The summed E-state index contributed by atoms with van der Waals surface area (Å²) in [6, 6.07) is 4.91. The maximum atomic E-state index is 14.3. The largest absolute Gasteiger partial charge is 0.497 e. The number of carbonyl (C=O) groups is 4. The van der Waals surface area contributed by atoms with E-state index in [0.717, 1.165) is 11.8 Å². The summed E-state index contributed by atoms with van der Waals surface area (Å²) in [7, 11) is -2.43. The molecule has 0 unspecified atom stereocenters. The van der Waals surface area contributed by atoms with Crippen LogP contribution in [0.25, 0.3) is 10.8 Å². The van der Waals surface area contributed by atoms with Crippen LogP contribution in [0.15, 0.2) is 42.6 Å². The van der Waals surface area contributed by atoms with Crippen LogP contribution in [0.5, 0.6) is 11.6 Å². The van der Waals surface area contributed by atoms with E-state index in [4.69, 9.17) is 9.47 Å². The Labute approximate surface area is 291 Å². The highest BCUT2D eigenvalue weighted by atomic mass is 32.2. The molecule has 15 heteroatoms. The van der Waals surface area contributed by atoms with Gasteiger partial charge in [-0.1, -0.05) is 26.0 Å². The summed E-state index contributed by atoms with van der Waals surface area (Å²) < 4.78 is 39.0. The fourth-order valence-corrected chi connectivity index (χ4v) is 8.55. The SMILES string of the molecule is COc1ccc2c(O[C@@H]3C[C@H]4C(=O)N[C@]5(C(=O)NS(=O)(=O)C6(C)CC6)C[C@H]5/C=C\CC[C@H](C)C[C@@H](C)[C@H](NC(=O)O)C(=O)N4C3)nccc2c1. The second-order valence-electron chi connectivity index (χ2n) is 14.6. The Kier molecular flexibility index (Phi) is 9.48. The molecular weight excluding hydrogens is 666 g/mol. The van der Waals surface area contributed by atoms with Crippen molar-refractivity contribution in [3.63, 3.8) is 0 Å². The lowest BCUT2D eigenvalue weighted by Gasteiger charge is -2.32. The summed E-state index contributed by atoms with van der Waals surface area (Å²) in [6.45, 7) is 5.36. The number of aromatic nitrogens is 1. The molecule has 2 aliphatic heterocycles. The molecule has 1 saturated heterocycles. The Hall–Kier alpha value is -4.40. The van der Waals surface area contributed by atoms with Crippen LogP contribution >= 0.6 is 0 Å². The predicted octanol–water partition coefficient (Wildman–Crippen LogP) is 3.11. The number of hydrogen-bond acceptors (Lipinski definition) is 9. The van der Waals surface area contributed by atoms with Crippen LogP contribution in [-0.4, -0.2) is 89.4 Å². The number of hydrogen-bond donors (Lipinski definition) is 4. The summed E-state index contributed by atoms with van der Waals surface area (Å²) in [5.41, 5.74) is -1.53. The van der Waals surface area contributed by atoms with Crippen molar-refractivity contribution in [2.45, 2.75) is 94.2 Å². The van der Waals surface area contributed by atoms with Crippen LogP contribution in [0.3, 0.4) is 0 Å². The number of amides is 4. The van der Waals surface area contributed by atoms with E-state index in [1.165, 1.54) is 4.90 Å². The van der Waals surface area contributed by atoms with Crippen molar-refractivity contribution < 1.29 is 42.2 Å². The van der Waals surface area contributed by atoms with Crippen molar-refractivity contribution in [1.29, 1.82) is 0 Å². The molecule has 50 heavy (non-hydrogen) atoms. The molecule has 0 spiro atoms. The normalized spacial score (nSPS) is 31.6. The van der Waals surface area contributed by atoms with E-state index in [0.29, 0.717) is 36.8 Å². The Morgan fingerprint density at radius 3 is 2.60 bits per heavy atom. The number of nitrogens with one attached hydrogen (secondary N) is 3. The zero-order chi connectivity index (χ0) is 36.0. The van der Waals surface area contributed by atoms with E-state index in [9.17, 15) is 32.7 Å². The maximum absolute atomic E-state index is 14.3. The van der Waals surface area contributed by atoms with Gasteiger partial charge >= 0.3 is 6.09 Å². The third kappa shape index (κ3) is 6.96. The second-order valence-corrected chi connectivity index (χ2v) is 16.8. The molecule has 2 saturated carbocycles. The Bertz CT molecular complexity index is 1830. The molecule has 14 nitrogen and oxygen atoms in total. The zero-order valence-corrected chi connectivity index (χ0v) is 29.5. The highest BCUT2D eigenvalue weighted by Crippen LogP contribution is 2.47. The fourth-order valence-electron chi connectivity index (χ4n) is 7.24. The molecule has 6 rings (SSSR count). The van der Waals surface area contributed by atoms with Crippen LogP contribution in [0.1, 0.15) is 65.7 Å². The van der Waals surface area contributed by atoms with Gasteiger partial charge in [0.15, 0.2) is 0 Å². The monoisotopic (exact) mass is 711 g/mol. The number of sulfonamides is 1. The first-order valence-electron chi connectivity index (χ1n) is 17.1. The van der Waals surface area contributed by atoms with Gasteiger partial charge in [0, 0.05) is 23.9 Å². The molecule has 1 aromatic heterocycles. The molecule has 4 N–H and O–H groups in total. The van der Waals surface area contributed by atoms with Gasteiger partial charge in [0.05, 0.1) is 18.4 Å². The molecule has 2 aromatic rings. The smallest absolute Gasteiger partial charge is 0.405 e. The van der Waals surface area contributed by atoms with E-state index < -0.39 is 74.1 Å². The van der Waals surface area contributed by atoms with Crippen molar-refractivity contribution in [1.82, 2.24) is 25.2 Å². The number of benzene rings is 1. The van der Waals surface area contributed by atoms with E-state index in [2.05, 4.69) is 20.3 Å². The Balaban J connectivity index is 1.33. The number of carbonyl (C=O) groups excluding carboxylic acids is 3. The highest BCUT2D eigenvalue weighted by Gasteiger charge is 2.63. The summed E-state index contributed by atoms with van der Waals surface area (Å²) >= 11 is 0. The molecule has 0 radical (unpaired) electrons. The first kappa shape index (κ1) is 35.4. The van der Waals surface area contributed by atoms with Crippen molar-refractivity contribution >= 4 is 44.6 Å². The molecule has 270 valence electrons. The number of carboxylic acid groups (broad SMARTS) is 1. The molecular formula is C35H45N5O9S. The lowest BCUT2D eigenvalue weighted by Crippen LogP contribution is -2.59. The maximum Gasteiger partial charge on any atom is 0.405 e. The molecule has 3 heterocycles. The van der Waals surface area contributed by atoms with Crippen molar-refractivity contribution in [3.05, 3.63) is 42.6 Å². The fraction of sp³-hybridized carbons (Fsp3) is 0.571. The van der Waals surface area contributed by atoms with E-state index >= 15 is 0 Å². The third-order valence-electron chi connectivity index (χ3n) is 10.7. The molecule has 7 atom stereocenters.